The molecule has 12 nitrogen and oxygen atoms in total. The number of aliphatic hydroxyl groups is 3. The summed E-state index contributed by atoms with van der Waals surface area (Å²) in [6.45, 7) is 10.5. The maximum Gasteiger partial charge on any atom is 0.305 e. The lowest BCUT2D eigenvalue weighted by Gasteiger charge is -2.54. The Labute approximate surface area is 268 Å². The largest absolute Gasteiger partial charge is 0.508 e. The molecule has 1 heterocycles. The van der Waals surface area contributed by atoms with Gasteiger partial charge in [0.05, 0.1) is 24.2 Å². The van der Waals surface area contributed by atoms with Gasteiger partial charge in [-0.3, -0.25) is 29.0 Å². The standard InChI is InChI=1S/C34H45N3O9/c1-8-19(38)46-29-20-16(2)17-11-12-18(33(3,4)5)26(39)21(17)27(40)22(20)30(42)34(45)24(29)25(36(6)7)28(41)23(31(34)43)32(44)35-15-37-13-9-10-14-37/h11-12,16,20,24-25,29,39-40,43,45H,8-10,13-15H2,1-7H3,(H,35,44)/t16-,20+,24+,25?,29-,34-/m0/s1. The van der Waals surface area contributed by atoms with Gasteiger partial charge in [-0.1, -0.05) is 46.8 Å². The molecule has 1 unspecified atom stereocenters. The van der Waals surface area contributed by atoms with Gasteiger partial charge in [-0.2, -0.15) is 0 Å². The van der Waals surface area contributed by atoms with Crippen LogP contribution in [0.15, 0.2) is 29.0 Å². The summed E-state index contributed by atoms with van der Waals surface area (Å²) in [5.41, 5.74) is -3.60. The molecular weight excluding hydrogens is 594 g/mol. The van der Waals surface area contributed by atoms with Crippen molar-refractivity contribution in [1.82, 2.24) is 15.1 Å². The molecule has 1 saturated heterocycles. The summed E-state index contributed by atoms with van der Waals surface area (Å²) in [4.78, 5) is 58.6. The van der Waals surface area contributed by atoms with E-state index >= 15 is 0 Å². The number of Topliss-reactive ketones (excluding diaryl/α,β-unsaturated/α-hetero) is 2. The van der Waals surface area contributed by atoms with Crippen LogP contribution in [0.5, 0.6) is 5.75 Å². The zero-order valence-corrected chi connectivity index (χ0v) is 27.5. The predicted molar refractivity (Wildman–Crippen MR) is 168 cm³/mol. The molecule has 1 aromatic rings. The van der Waals surface area contributed by atoms with Crippen LogP contribution in [0.3, 0.4) is 0 Å². The second kappa shape index (κ2) is 11.8. The van der Waals surface area contributed by atoms with E-state index in [9.17, 15) is 39.6 Å². The smallest absolute Gasteiger partial charge is 0.305 e. The van der Waals surface area contributed by atoms with E-state index in [2.05, 4.69) is 5.32 Å². The highest BCUT2D eigenvalue weighted by atomic mass is 16.5. The first kappa shape index (κ1) is 33.6. The van der Waals surface area contributed by atoms with Gasteiger partial charge < -0.3 is 30.5 Å². The Morgan fingerprint density at radius 2 is 1.74 bits per heavy atom. The van der Waals surface area contributed by atoms with Crippen molar-refractivity contribution in [2.24, 2.45) is 11.8 Å². The molecule has 4 aliphatic rings. The van der Waals surface area contributed by atoms with Crippen LogP contribution in [0, 0.1) is 11.8 Å². The molecule has 12 heteroatoms. The van der Waals surface area contributed by atoms with Gasteiger partial charge in [0.25, 0.3) is 5.91 Å². The van der Waals surface area contributed by atoms with Gasteiger partial charge in [-0.15, -0.1) is 0 Å². The summed E-state index contributed by atoms with van der Waals surface area (Å²) in [7, 11) is 3.06. The number of aromatic hydroxyl groups is 1. The van der Waals surface area contributed by atoms with E-state index < -0.39 is 81.4 Å². The molecule has 1 aliphatic heterocycles. The molecule has 1 amide bonds. The minimum Gasteiger partial charge on any atom is -0.508 e. The third kappa shape index (κ3) is 5.01. The number of phenolic OH excluding ortho intramolecular Hbond substituents is 1. The number of fused-ring (bicyclic) bond motifs is 3. The molecule has 0 bridgehead atoms. The number of hydrogen-bond acceptors (Lipinski definition) is 11. The van der Waals surface area contributed by atoms with Gasteiger partial charge in [0.1, 0.15) is 28.9 Å². The van der Waals surface area contributed by atoms with Gasteiger partial charge >= 0.3 is 5.97 Å². The van der Waals surface area contributed by atoms with Crippen molar-refractivity contribution in [3.8, 4) is 5.75 Å². The number of aliphatic hydroxyl groups excluding tert-OH is 2. The molecule has 0 aromatic heterocycles. The number of carbonyl (C=O) groups excluding carboxylic acids is 4. The number of esters is 1. The number of rotatable bonds is 6. The minimum atomic E-state index is -2.93. The first-order valence-corrected chi connectivity index (χ1v) is 15.9. The van der Waals surface area contributed by atoms with Crippen molar-refractivity contribution in [2.45, 2.75) is 83.0 Å². The van der Waals surface area contributed by atoms with E-state index in [-0.39, 0.29) is 30.0 Å². The number of amides is 1. The molecule has 5 N–H and O–H groups in total. The summed E-state index contributed by atoms with van der Waals surface area (Å²) in [5, 5.41) is 50.0. The molecule has 3 aliphatic carbocycles. The monoisotopic (exact) mass is 639 g/mol. The van der Waals surface area contributed by atoms with E-state index in [0.717, 1.165) is 25.9 Å². The van der Waals surface area contributed by atoms with Crippen molar-refractivity contribution in [3.05, 3.63) is 45.7 Å². The number of hydrogen-bond donors (Lipinski definition) is 5. The van der Waals surface area contributed by atoms with E-state index in [0.29, 0.717) is 11.1 Å². The molecule has 0 spiro atoms. The summed E-state index contributed by atoms with van der Waals surface area (Å²) in [5.74, 6) is -8.90. The molecule has 0 radical (unpaired) electrons. The molecule has 1 aromatic carbocycles. The van der Waals surface area contributed by atoms with E-state index in [4.69, 9.17) is 4.74 Å². The first-order chi connectivity index (χ1) is 21.5. The second-order valence-electron chi connectivity index (χ2n) is 14.2. The number of likely N-dealkylation sites (N-methyl/N-ethyl adjacent to an activating group) is 1. The highest BCUT2D eigenvalue weighted by molar-refractivity contribution is 6.25. The average molecular weight is 640 g/mol. The third-order valence-electron chi connectivity index (χ3n) is 10.1. The van der Waals surface area contributed by atoms with Crippen molar-refractivity contribution >= 4 is 29.2 Å². The zero-order chi connectivity index (χ0) is 34.0. The lowest BCUT2D eigenvalue weighted by molar-refractivity contribution is -0.185. The predicted octanol–water partition coefficient (Wildman–Crippen LogP) is 2.44. The second-order valence-corrected chi connectivity index (χ2v) is 14.2. The fourth-order valence-corrected chi connectivity index (χ4v) is 7.76. The van der Waals surface area contributed by atoms with Crippen LogP contribution in [0.2, 0.25) is 0 Å². The Kier molecular flexibility index (Phi) is 8.63. The van der Waals surface area contributed by atoms with Crippen molar-refractivity contribution in [2.75, 3.05) is 33.9 Å². The molecular formula is C34H45N3O9. The molecule has 6 atom stereocenters. The average Bonchev–Trinajstić information content (AvgIpc) is 3.50. The van der Waals surface area contributed by atoms with Gasteiger partial charge in [-0.25, -0.2) is 0 Å². The number of carbonyl (C=O) groups is 4. The summed E-state index contributed by atoms with van der Waals surface area (Å²) < 4.78 is 5.94. The van der Waals surface area contributed by atoms with Crippen LogP contribution in [0.4, 0.5) is 0 Å². The summed E-state index contributed by atoms with van der Waals surface area (Å²) in [6, 6.07) is 2.11. The van der Waals surface area contributed by atoms with Crippen LogP contribution in [-0.2, 0) is 29.3 Å². The van der Waals surface area contributed by atoms with Crippen molar-refractivity contribution in [3.63, 3.8) is 0 Å². The number of ether oxygens (including phenoxy) is 1. The number of benzene rings is 1. The van der Waals surface area contributed by atoms with Crippen molar-refractivity contribution < 1.29 is 44.3 Å². The van der Waals surface area contributed by atoms with E-state index in [1.165, 1.54) is 19.0 Å². The zero-order valence-electron chi connectivity index (χ0n) is 27.5. The van der Waals surface area contributed by atoms with Gasteiger partial charge in [0.15, 0.2) is 11.4 Å². The maximum atomic E-state index is 14.6. The highest BCUT2D eigenvalue weighted by Gasteiger charge is 2.69. The lowest BCUT2D eigenvalue weighted by atomic mass is 9.54. The maximum absolute atomic E-state index is 14.6. The quantitative estimate of drug-likeness (QED) is 0.228. The summed E-state index contributed by atoms with van der Waals surface area (Å²) in [6.07, 6.45) is 0.439. The van der Waals surface area contributed by atoms with Crippen LogP contribution in [0.1, 0.15) is 76.5 Å². The Morgan fingerprint density at radius 1 is 1.11 bits per heavy atom. The highest BCUT2D eigenvalue weighted by Crippen LogP contribution is 2.57. The molecule has 250 valence electrons. The van der Waals surface area contributed by atoms with Crippen LogP contribution >= 0.6 is 0 Å². The fourth-order valence-electron chi connectivity index (χ4n) is 7.76. The number of ketones is 2. The van der Waals surface area contributed by atoms with Crippen LogP contribution < -0.4 is 5.32 Å². The fraction of sp³-hybridized carbons (Fsp3) is 0.588. The van der Waals surface area contributed by atoms with E-state index in [1.54, 1.807) is 26.0 Å². The van der Waals surface area contributed by atoms with E-state index in [1.807, 2.05) is 25.7 Å². The number of nitrogens with one attached hydrogen (secondary N) is 1. The molecule has 5 rings (SSSR count). The SMILES string of the molecule is CCC(=O)O[C@H]1[C@H]2C(=C(O)c3c(ccc(C(C)(C)C)c3O)[C@@H]2C)C(=O)[C@]2(O)C(O)=C(C(=O)NCN3CCCC3)C(=O)C(N(C)C)[C@H]12. The third-order valence-corrected chi connectivity index (χ3v) is 10.1. The molecule has 46 heavy (non-hydrogen) atoms. The Balaban J connectivity index is 1.76. The van der Waals surface area contributed by atoms with Gasteiger partial charge in [-0.05, 0) is 56.9 Å². The topological polar surface area (TPSA) is 177 Å². The number of likely N-dealkylation sites (tertiary alicyclic amines) is 1. The Hall–Kier alpha value is -3.74. The van der Waals surface area contributed by atoms with Crippen molar-refractivity contribution in [1.29, 1.82) is 0 Å². The Bertz CT molecular complexity index is 1550. The Morgan fingerprint density at radius 3 is 2.30 bits per heavy atom. The number of nitrogens with zero attached hydrogens (tertiary/aromatic N) is 2. The van der Waals surface area contributed by atoms with Crippen LogP contribution in [-0.4, -0.2) is 105 Å². The van der Waals surface area contributed by atoms with Gasteiger partial charge in [0, 0.05) is 23.5 Å². The summed E-state index contributed by atoms with van der Waals surface area (Å²) >= 11 is 0. The number of phenols is 1. The first-order valence-electron chi connectivity index (χ1n) is 15.9. The normalized spacial score (nSPS) is 29.9. The molecule has 2 fully saturated rings. The van der Waals surface area contributed by atoms with Crippen LogP contribution in [0.25, 0.3) is 5.76 Å². The van der Waals surface area contributed by atoms with Gasteiger partial charge in [0.2, 0.25) is 5.78 Å². The lowest BCUT2D eigenvalue weighted by Crippen LogP contribution is -2.71. The molecule has 1 saturated carbocycles. The minimum absolute atomic E-state index is 0.00485.